The second kappa shape index (κ2) is 11.3. The van der Waals surface area contributed by atoms with Gasteiger partial charge in [0.2, 0.25) is 0 Å². The molecule has 0 unspecified atom stereocenters. The van der Waals surface area contributed by atoms with Crippen molar-refractivity contribution in [3.8, 4) is 0 Å². The van der Waals surface area contributed by atoms with Crippen molar-refractivity contribution in [1.29, 1.82) is 0 Å². The first-order valence-corrected chi connectivity index (χ1v) is 9.90. The van der Waals surface area contributed by atoms with Crippen LogP contribution in [0.15, 0.2) is 52.6 Å². The lowest BCUT2D eigenvalue weighted by atomic mass is 10.0. The summed E-state index contributed by atoms with van der Waals surface area (Å²) in [5.74, 6) is 0.368. The van der Waals surface area contributed by atoms with Gasteiger partial charge < -0.3 is 9.67 Å². The van der Waals surface area contributed by atoms with Gasteiger partial charge in [-0.3, -0.25) is 4.98 Å². The molecule has 142 valence electrons. The maximum Gasteiger partial charge on any atom is 0.0834 e. The number of pyridine rings is 1. The molecule has 3 nitrogen and oxygen atoms in total. The summed E-state index contributed by atoms with van der Waals surface area (Å²) >= 11 is 6.95. The highest BCUT2D eigenvalue weighted by atomic mass is 35.5. The topological polar surface area (TPSA) is 38.0 Å². The van der Waals surface area contributed by atoms with Crippen LogP contribution in [0.2, 0.25) is 0 Å². The summed E-state index contributed by atoms with van der Waals surface area (Å²) in [7, 11) is 0. The molecular weight excluding hydrogens is 364 g/mol. The van der Waals surface area contributed by atoms with E-state index in [0.29, 0.717) is 5.92 Å². The molecule has 0 saturated heterocycles. The van der Waals surface area contributed by atoms with E-state index in [0.717, 1.165) is 22.8 Å². The minimum Gasteiger partial charge on any atom is -0.392 e. The summed E-state index contributed by atoms with van der Waals surface area (Å²) in [6.45, 7) is 14.9. The Labute approximate surface area is 166 Å². The van der Waals surface area contributed by atoms with Crippen LogP contribution in [-0.2, 0) is 13.2 Å². The van der Waals surface area contributed by atoms with Gasteiger partial charge in [-0.05, 0) is 55.4 Å². The van der Waals surface area contributed by atoms with Crippen molar-refractivity contribution in [3.05, 3.63) is 70.0 Å². The van der Waals surface area contributed by atoms with Gasteiger partial charge in [0, 0.05) is 35.2 Å². The van der Waals surface area contributed by atoms with E-state index in [1.807, 2.05) is 49.9 Å². The highest BCUT2D eigenvalue weighted by molar-refractivity contribution is 8.02. The molecule has 1 N–H and O–H groups in total. The predicted octanol–water partition coefficient (Wildman–Crippen LogP) is 6.24. The standard InChI is InChI=1S/C17H22N2OS.C4H7Cl/c1-5-21-17-16(12(2)3)15(11-20)13(4)19(17)10-14-6-8-18-9-7-14;1-3-4(2)5/h5-9,12,20H,1,10-11H2,2-4H3;3H,1-2H3/b;4-3+. The Morgan fingerprint density at radius 3 is 2.38 bits per heavy atom. The minimum atomic E-state index is 0.0768. The first-order chi connectivity index (χ1) is 12.4. The van der Waals surface area contributed by atoms with E-state index in [4.69, 9.17) is 11.6 Å². The predicted molar refractivity (Wildman–Crippen MR) is 114 cm³/mol. The van der Waals surface area contributed by atoms with E-state index < -0.39 is 0 Å². The lowest BCUT2D eigenvalue weighted by molar-refractivity contribution is 0.279. The van der Waals surface area contributed by atoms with Crippen LogP contribution in [0.5, 0.6) is 0 Å². The van der Waals surface area contributed by atoms with Crippen LogP contribution < -0.4 is 0 Å². The normalized spacial score (nSPS) is 11.3. The molecule has 0 saturated carbocycles. The Hall–Kier alpha value is -1.49. The van der Waals surface area contributed by atoms with Crippen LogP contribution in [0.1, 0.15) is 56.0 Å². The zero-order valence-corrected chi connectivity index (χ0v) is 17.9. The molecule has 2 aromatic rings. The van der Waals surface area contributed by atoms with Gasteiger partial charge in [-0.15, -0.1) is 0 Å². The summed E-state index contributed by atoms with van der Waals surface area (Å²) in [6, 6.07) is 4.05. The van der Waals surface area contributed by atoms with Gasteiger partial charge in [0.1, 0.15) is 0 Å². The SMILES string of the molecule is C/C=C(\C)Cl.C=CSc1c(C(C)C)c(CO)c(C)n1Cc1ccncc1. The van der Waals surface area contributed by atoms with E-state index >= 15 is 0 Å². The maximum absolute atomic E-state index is 9.76. The number of rotatable bonds is 6. The molecule has 0 aliphatic rings. The number of allylic oxidation sites excluding steroid dienone is 2. The van der Waals surface area contributed by atoms with Gasteiger partial charge in [-0.1, -0.05) is 49.9 Å². The zero-order chi connectivity index (χ0) is 19.7. The molecule has 2 aromatic heterocycles. The van der Waals surface area contributed by atoms with Crippen molar-refractivity contribution in [2.24, 2.45) is 0 Å². The van der Waals surface area contributed by atoms with Crippen molar-refractivity contribution < 1.29 is 5.11 Å². The lowest BCUT2D eigenvalue weighted by Gasteiger charge is -2.12. The van der Waals surface area contributed by atoms with Crippen LogP contribution >= 0.6 is 23.4 Å². The third-order valence-corrected chi connectivity index (χ3v) is 5.11. The number of halogens is 1. The van der Waals surface area contributed by atoms with Gasteiger partial charge in [-0.2, -0.15) is 0 Å². The number of aromatic nitrogens is 2. The number of hydrogen-bond acceptors (Lipinski definition) is 3. The van der Waals surface area contributed by atoms with Crippen LogP contribution in [0, 0.1) is 6.92 Å². The Kier molecular flexibility index (Phi) is 9.78. The minimum absolute atomic E-state index is 0.0768. The van der Waals surface area contributed by atoms with E-state index in [1.165, 1.54) is 16.2 Å². The van der Waals surface area contributed by atoms with Crippen molar-refractivity contribution in [3.63, 3.8) is 0 Å². The molecule has 0 spiro atoms. The number of aliphatic hydroxyl groups excluding tert-OH is 1. The van der Waals surface area contributed by atoms with Crippen LogP contribution in [0.25, 0.3) is 0 Å². The van der Waals surface area contributed by atoms with Crippen molar-refractivity contribution >= 4 is 23.4 Å². The van der Waals surface area contributed by atoms with Gasteiger partial charge >= 0.3 is 0 Å². The van der Waals surface area contributed by atoms with Gasteiger partial charge in [0.05, 0.1) is 11.6 Å². The number of nitrogens with zero attached hydrogens (tertiary/aromatic N) is 2. The summed E-state index contributed by atoms with van der Waals surface area (Å²) in [6.07, 6.45) is 5.47. The highest BCUT2D eigenvalue weighted by Gasteiger charge is 2.21. The Morgan fingerprint density at radius 2 is 1.96 bits per heavy atom. The van der Waals surface area contributed by atoms with Gasteiger partial charge in [0.15, 0.2) is 0 Å². The van der Waals surface area contributed by atoms with Gasteiger partial charge in [-0.25, -0.2) is 0 Å². The zero-order valence-electron chi connectivity index (χ0n) is 16.3. The molecule has 0 fully saturated rings. The van der Waals surface area contributed by atoms with E-state index in [2.05, 4.69) is 36.9 Å². The lowest BCUT2D eigenvalue weighted by Crippen LogP contribution is -2.04. The van der Waals surface area contributed by atoms with Crippen LogP contribution in [-0.4, -0.2) is 14.7 Å². The summed E-state index contributed by atoms with van der Waals surface area (Å²) in [4.78, 5) is 4.06. The highest BCUT2D eigenvalue weighted by Crippen LogP contribution is 2.36. The molecule has 5 heteroatoms. The quantitative estimate of drug-likeness (QED) is 0.591. The second-order valence-corrected chi connectivity index (χ2v) is 7.75. The summed E-state index contributed by atoms with van der Waals surface area (Å²) in [5.41, 5.74) is 4.61. The molecule has 0 radical (unpaired) electrons. The molecule has 0 aromatic carbocycles. The Bertz CT molecular complexity index is 732. The van der Waals surface area contributed by atoms with Gasteiger partial charge in [0.25, 0.3) is 0 Å². The maximum atomic E-state index is 9.76. The first kappa shape index (κ1) is 22.6. The summed E-state index contributed by atoms with van der Waals surface area (Å²) in [5, 5.41) is 13.6. The molecule has 0 atom stereocenters. The fraction of sp³-hybridized carbons (Fsp3) is 0.381. The fourth-order valence-corrected chi connectivity index (χ4v) is 3.62. The van der Waals surface area contributed by atoms with Crippen molar-refractivity contribution in [2.45, 2.75) is 58.7 Å². The number of thioether (sulfide) groups is 1. The molecule has 0 aliphatic carbocycles. The third-order valence-electron chi connectivity index (χ3n) is 4.06. The second-order valence-electron chi connectivity index (χ2n) is 6.20. The summed E-state index contributed by atoms with van der Waals surface area (Å²) < 4.78 is 2.27. The fourth-order valence-electron chi connectivity index (χ4n) is 2.65. The van der Waals surface area contributed by atoms with Crippen molar-refractivity contribution in [1.82, 2.24) is 9.55 Å². The molecule has 2 heterocycles. The van der Waals surface area contributed by atoms with E-state index in [-0.39, 0.29) is 6.61 Å². The molecule has 0 aliphatic heterocycles. The first-order valence-electron chi connectivity index (χ1n) is 8.64. The van der Waals surface area contributed by atoms with Crippen LogP contribution in [0.4, 0.5) is 0 Å². The molecule has 26 heavy (non-hydrogen) atoms. The Balaban J connectivity index is 0.000000597. The molecule has 0 amide bonds. The average Bonchev–Trinajstić information content (AvgIpc) is 2.88. The monoisotopic (exact) mass is 392 g/mol. The van der Waals surface area contributed by atoms with Crippen molar-refractivity contribution in [2.75, 3.05) is 0 Å². The third kappa shape index (κ3) is 6.04. The number of aliphatic hydroxyl groups is 1. The average molecular weight is 393 g/mol. The molecular formula is C21H29ClN2OS. The number of hydrogen-bond donors (Lipinski definition) is 1. The van der Waals surface area contributed by atoms with E-state index in [9.17, 15) is 5.11 Å². The molecule has 2 rings (SSSR count). The molecule has 0 bridgehead atoms. The van der Waals surface area contributed by atoms with E-state index in [1.54, 1.807) is 11.8 Å². The Morgan fingerprint density at radius 1 is 1.38 bits per heavy atom. The smallest absolute Gasteiger partial charge is 0.0834 e. The largest absolute Gasteiger partial charge is 0.392 e. The van der Waals surface area contributed by atoms with Crippen LogP contribution in [0.3, 0.4) is 0 Å².